The number of fused-ring (bicyclic) bond motifs is 1. The Hall–Kier alpha value is -2.52. The molecule has 1 fully saturated rings. The second-order valence-corrected chi connectivity index (χ2v) is 10.2. The summed E-state index contributed by atoms with van der Waals surface area (Å²) in [6, 6.07) is 11.2. The number of rotatable bonds is 4. The van der Waals surface area contributed by atoms with E-state index in [0.717, 1.165) is 10.4 Å². The largest absolute Gasteiger partial charge is 0.340 e. The molecular formula is C19H19N3O4S2. The minimum absolute atomic E-state index is 0.0214. The molecule has 0 radical (unpaired) electrons. The van der Waals surface area contributed by atoms with E-state index in [-0.39, 0.29) is 35.6 Å². The standard InChI is InChI=1S/C19H19N3O4S2/c1-21(14-7-8-28(25,26)11-14)17(23)10-22-12-20-18-15(19(22)24)9-16(27-18)13-5-3-2-4-6-13/h2-6,9,12,14H,7-8,10-11H2,1H3/t14-/m1/s1. The van der Waals surface area contributed by atoms with E-state index in [0.29, 0.717) is 16.6 Å². The van der Waals surface area contributed by atoms with Gasteiger partial charge in [-0.2, -0.15) is 0 Å². The lowest BCUT2D eigenvalue weighted by Gasteiger charge is -2.23. The molecule has 0 unspecified atom stereocenters. The SMILES string of the molecule is CN(C(=O)Cn1cnc2sc(-c3ccccc3)cc2c1=O)[C@@H]1CCS(=O)(=O)C1. The van der Waals surface area contributed by atoms with Crippen LogP contribution in [0.4, 0.5) is 0 Å². The molecule has 0 bridgehead atoms. The molecular weight excluding hydrogens is 398 g/mol. The normalized spacial score (nSPS) is 18.4. The van der Waals surface area contributed by atoms with Crippen LogP contribution in [0.2, 0.25) is 0 Å². The van der Waals surface area contributed by atoms with Crippen molar-refractivity contribution in [3.8, 4) is 10.4 Å². The summed E-state index contributed by atoms with van der Waals surface area (Å²) >= 11 is 1.43. The van der Waals surface area contributed by atoms with Crippen molar-refractivity contribution in [2.75, 3.05) is 18.6 Å². The van der Waals surface area contributed by atoms with Crippen LogP contribution in [0.3, 0.4) is 0 Å². The van der Waals surface area contributed by atoms with Crippen LogP contribution in [0.15, 0.2) is 47.5 Å². The number of nitrogens with zero attached hydrogens (tertiary/aromatic N) is 3. The molecule has 0 saturated carbocycles. The van der Waals surface area contributed by atoms with Gasteiger partial charge in [0.2, 0.25) is 5.91 Å². The van der Waals surface area contributed by atoms with Crippen molar-refractivity contribution in [1.29, 1.82) is 0 Å². The summed E-state index contributed by atoms with van der Waals surface area (Å²) < 4.78 is 24.6. The van der Waals surface area contributed by atoms with Gasteiger partial charge in [0.1, 0.15) is 11.4 Å². The maximum Gasteiger partial charge on any atom is 0.262 e. The van der Waals surface area contributed by atoms with Gasteiger partial charge in [0, 0.05) is 18.0 Å². The van der Waals surface area contributed by atoms with Crippen molar-refractivity contribution in [2.45, 2.75) is 19.0 Å². The van der Waals surface area contributed by atoms with Crippen molar-refractivity contribution in [2.24, 2.45) is 0 Å². The van der Waals surface area contributed by atoms with Crippen molar-refractivity contribution in [1.82, 2.24) is 14.5 Å². The monoisotopic (exact) mass is 417 g/mol. The molecule has 1 amide bonds. The molecule has 146 valence electrons. The molecule has 0 aliphatic carbocycles. The number of amides is 1. The third-order valence-corrected chi connectivity index (χ3v) is 7.87. The highest BCUT2D eigenvalue weighted by atomic mass is 32.2. The molecule has 3 heterocycles. The number of thiophene rings is 1. The molecule has 1 aliphatic rings. The summed E-state index contributed by atoms with van der Waals surface area (Å²) in [6.07, 6.45) is 1.81. The molecule has 1 aliphatic heterocycles. The van der Waals surface area contributed by atoms with Crippen molar-refractivity contribution >= 4 is 37.3 Å². The second-order valence-electron chi connectivity index (χ2n) is 6.93. The van der Waals surface area contributed by atoms with Gasteiger partial charge in [-0.3, -0.25) is 14.2 Å². The molecule has 1 saturated heterocycles. The van der Waals surface area contributed by atoms with Gasteiger partial charge in [-0.05, 0) is 18.1 Å². The number of hydrogen-bond acceptors (Lipinski definition) is 6. The second kappa shape index (κ2) is 7.14. The lowest BCUT2D eigenvalue weighted by atomic mass is 10.2. The lowest BCUT2D eigenvalue weighted by molar-refractivity contribution is -0.132. The first-order chi connectivity index (χ1) is 13.3. The summed E-state index contributed by atoms with van der Waals surface area (Å²) in [7, 11) is -1.49. The summed E-state index contributed by atoms with van der Waals surface area (Å²) in [5, 5.41) is 0.477. The first-order valence-corrected chi connectivity index (χ1v) is 11.5. The van der Waals surface area contributed by atoms with Crippen LogP contribution >= 0.6 is 11.3 Å². The molecule has 3 aromatic rings. The van der Waals surface area contributed by atoms with E-state index >= 15 is 0 Å². The summed E-state index contributed by atoms with van der Waals surface area (Å²) in [6.45, 7) is -0.161. The Morgan fingerprint density at radius 2 is 2.07 bits per heavy atom. The van der Waals surface area contributed by atoms with Crippen LogP contribution in [0, 0.1) is 0 Å². The molecule has 4 rings (SSSR count). The Morgan fingerprint density at radius 3 is 2.75 bits per heavy atom. The van der Waals surface area contributed by atoms with E-state index in [1.165, 1.54) is 27.1 Å². The number of hydrogen-bond donors (Lipinski definition) is 0. The van der Waals surface area contributed by atoms with Gasteiger partial charge in [0.25, 0.3) is 5.56 Å². The predicted molar refractivity (Wildman–Crippen MR) is 109 cm³/mol. The molecule has 0 spiro atoms. The maximum absolute atomic E-state index is 12.8. The fourth-order valence-electron chi connectivity index (χ4n) is 3.36. The third-order valence-electron chi connectivity index (χ3n) is 5.03. The average Bonchev–Trinajstić information content (AvgIpc) is 3.28. The fourth-order valence-corrected chi connectivity index (χ4v) is 6.13. The Kier molecular flexibility index (Phi) is 4.80. The van der Waals surface area contributed by atoms with Crippen molar-refractivity contribution in [3.05, 3.63) is 53.1 Å². The summed E-state index contributed by atoms with van der Waals surface area (Å²) in [5.74, 6) is -0.226. The molecule has 9 heteroatoms. The Bertz CT molecular complexity index is 1200. The molecule has 2 aromatic heterocycles. The topological polar surface area (TPSA) is 89.3 Å². The van der Waals surface area contributed by atoms with Crippen LogP contribution in [0.25, 0.3) is 20.7 Å². The Morgan fingerprint density at radius 1 is 1.32 bits per heavy atom. The zero-order valence-corrected chi connectivity index (χ0v) is 16.9. The van der Waals surface area contributed by atoms with E-state index in [1.807, 2.05) is 30.3 Å². The van der Waals surface area contributed by atoms with Gasteiger partial charge in [0.15, 0.2) is 9.84 Å². The average molecular weight is 418 g/mol. The van der Waals surface area contributed by atoms with Crippen LogP contribution in [-0.2, 0) is 21.2 Å². The highest BCUT2D eigenvalue weighted by Crippen LogP contribution is 2.30. The van der Waals surface area contributed by atoms with Crippen LogP contribution in [0.1, 0.15) is 6.42 Å². The van der Waals surface area contributed by atoms with E-state index in [4.69, 9.17) is 0 Å². The Balaban J connectivity index is 1.58. The predicted octanol–water partition coefficient (Wildman–Crippen LogP) is 1.77. The number of carbonyl (C=O) groups excluding carboxylic acids is 1. The smallest absolute Gasteiger partial charge is 0.262 e. The van der Waals surface area contributed by atoms with Gasteiger partial charge < -0.3 is 4.90 Å². The Labute approximate surface area is 166 Å². The van der Waals surface area contributed by atoms with E-state index in [2.05, 4.69) is 4.98 Å². The van der Waals surface area contributed by atoms with Crippen molar-refractivity contribution in [3.63, 3.8) is 0 Å². The number of carbonyl (C=O) groups is 1. The maximum atomic E-state index is 12.8. The van der Waals surface area contributed by atoms with Crippen LogP contribution < -0.4 is 5.56 Å². The fraction of sp³-hybridized carbons (Fsp3) is 0.316. The molecule has 0 N–H and O–H groups in total. The molecule has 1 aromatic carbocycles. The van der Waals surface area contributed by atoms with Crippen molar-refractivity contribution < 1.29 is 13.2 Å². The quantitative estimate of drug-likeness (QED) is 0.645. The highest BCUT2D eigenvalue weighted by molar-refractivity contribution is 7.91. The van der Waals surface area contributed by atoms with Gasteiger partial charge >= 0.3 is 0 Å². The van der Waals surface area contributed by atoms with Gasteiger partial charge in [-0.25, -0.2) is 13.4 Å². The highest BCUT2D eigenvalue weighted by Gasteiger charge is 2.32. The van der Waals surface area contributed by atoms with E-state index in [9.17, 15) is 18.0 Å². The van der Waals surface area contributed by atoms with Gasteiger partial charge in [-0.1, -0.05) is 30.3 Å². The molecule has 28 heavy (non-hydrogen) atoms. The number of benzene rings is 1. The summed E-state index contributed by atoms with van der Waals surface area (Å²) in [5.41, 5.74) is 0.735. The number of sulfone groups is 1. The van der Waals surface area contributed by atoms with Gasteiger partial charge in [-0.15, -0.1) is 11.3 Å². The van der Waals surface area contributed by atoms with Crippen LogP contribution in [-0.4, -0.2) is 53.4 Å². The third kappa shape index (κ3) is 3.59. The molecule has 7 nitrogen and oxygen atoms in total. The minimum Gasteiger partial charge on any atom is -0.340 e. The lowest BCUT2D eigenvalue weighted by Crippen LogP contribution is -2.41. The van der Waals surface area contributed by atoms with Gasteiger partial charge in [0.05, 0.1) is 23.2 Å². The minimum atomic E-state index is -3.08. The molecule has 1 atom stereocenters. The summed E-state index contributed by atoms with van der Waals surface area (Å²) in [4.78, 5) is 32.7. The van der Waals surface area contributed by atoms with Crippen LogP contribution in [0.5, 0.6) is 0 Å². The van der Waals surface area contributed by atoms with E-state index in [1.54, 1.807) is 13.1 Å². The number of aromatic nitrogens is 2. The number of likely N-dealkylation sites (N-methyl/N-ethyl adjacent to an activating group) is 1. The zero-order valence-electron chi connectivity index (χ0n) is 15.2. The zero-order chi connectivity index (χ0) is 19.9. The van der Waals surface area contributed by atoms with E-state index < -0.39 is 9.84 Å². The first-order valence-electron chi connectivity index (χ1n) is 8.84. The first kappa shape index (κ1) is 18.8.